The molecule has 2 bridgehead atoms. The van der Waals surface area contributed by atoms with E-state index >= 15 is 0 Å². The highest BCUT2D eigenvalue weighted by Crippen LogP contribution is 2.41. The van der Waals surface area contributed by atoms with Crippen LogP contribution in [0, 0.1) is 11.8 Å². The molecule has 1 aromatic heterocycles. The molecule has 0 spiro atoms. The molecule has 3 saturated heterocycles. The Morgan fingerprint density at radius 2 is 1.97 bits per heavy atom. The Balaban J connectivity index is 1.50. The molecule has 0 radical (unpaired) electrons. The SMILES string of the molecule is CC(=O)NC[C@H]1[C@H]2C[C@H](CN(Cc3cnc(C(C)C)nc3)C2)[C@@H]2CCCC(=O)N21. The largest absolute Gasteiger partial charge is 0.354 e. The molecule has 2 amide bonds. The number of likely N-dealkylation sites (tertiary alicyclic amines) is 1. The fraction of sp³-hybridized carbons (Fsp3) is 0.727. The van der Waals surface area contributed by atoms with E-state index in [0.717, 1.165) is 50.3 Å². The third-order valence-corrected chi connectivity index (χ3v) is 6.78. The number of carbonyl (C=O) groups excluding carboxylic acids is 2. The van der Waals surface area contributed by atoms with Crippen LogP contribution in [-0.4, -0.2) is 63.3 Å². The van der Waals surface area contributed by atoms with Gasteiger partial charge in [-0.3, -0.25) is 14.5 Å². The molecule has 3 aliphatic heterocycles. The molecule has 3 aliphatic rings. The van der Waals surface area contributed by atoms with E-state index in [2.05, 4.69) is 38.9 Å². The first kappa shape index (κ1) is 20.3. The average Bonchev–Trinajstić information content (AvgIpc) is 2.68. The highest BCUT2D eigenvalue weighted by molar-refractivity contribution is 5.78. The normalized spacial score (nSPS) is 29.7. The fourth-order valence-corrected chi connectivity index (χ4v) is 5.51. The van der Waals surface area contributed by atoms with Crippen LogP contribution in [-0.2, 0) is 16.1 Å². The van der Waals surface area contributed by atoms with E-state index in [4.69, 9.17) is 0 Å². The summed E-state index contributed by atoms with van der Waals surface area (Å²) in [5.41, 5.74) is 1.14. The highest BCUT2D eigenvalue weighted by Gasteiger charge is 2.49. The molecule has 1 N–H and O–H groups in total. The van der Waals surface area contributed by atoms with Crippen LogP contribution in [0.2, 0.25) is 0 Å². The smallest absolute Gasteiger partial charge is 0.223 e. The third kappa shape index (κ3) is 4.29. The predicted octanol–water partition coefficient (Wildman–Crippen LogP) is 1.94. The van der Waals surface area contributed by atoms with Gasteiger partial charge in [0, 0.05) is 69.4 Å². The minimum atomic E-state index is -0.0248. The van der Waals surface area contributed by atoms with Gasteiger partial charge in [0.25, 0.3) is 0 Å². The first-order valence-electron chi connectivity index (χ1n) is 11.0. The van der Waals surface area contributed by atoms with Gasteiger partial charge in [0.15, 0.2) is 0 Å². The van der Waals surface area contributed by atoms with E-state index in [-0.39, 0.29) is 17.9 Å². The Hall–Kier alpha value is -2.02. The van der Waals surface area contributed by atoms with Crippen LogP contribution in [0.25, 0.3) is 0 Å². The Bertz CT molecular complexity index is 750. The molecule has 7 nitrogen and oxygen atoms in total. The monoisotopic (exact) mass is 399 g/mol. The molecule has 0 aliphatic carbocycles. The van der Waals surface area contributed by atoms with Gasteiger partial charge in [-0.2, -0.15) is 0 Å². The van der Waals surface area contributed by atoms with Crippen LogP contribution in [0.15, 0.2) is 12.4 Å². The zero-order chi connectivity index (χ0) is 20.5. The maximum absolute atomic E-state index is 12.8. The number of hydrogen-bond donors (Lipinski definition) is 1. The van der Waals surface area contributed by atoms with Crippen molar-refractivity contribution in [3.8, 4) is 0 Å². The van der Waals surface area contributed by atoms with Crippen molar-refractivity contribution < 1.29 is 9.59 Å². The third-order valence-electron chi connectivity index (χ3n) is 6.78. The lowest BCUT2D eigenvalue weighted by Gasteiger charge is -2.56. The number of amides is 2. The van der Waals surface area contributed by atoms with Crippen molar-refractivity contribution in [1.82, 2.24) is 25.1 Å². The summed E-state index contributed by atoms with van der Waals surface area (Å²) in [4.78, 5) is 38.0. The lowest BCUT2D eigenvalue weighted by molar-refractivity contribution is -0.153. The zero-order valence-electron chi connectivity index (χ0n) is 17.8. The molecule has 0 unspecified atom stereocenters. The van der Waals surface area contributed by atoms with Crippen LogP contribution in [0.4, 0.5) is 0 Å². The number of piperidine rings is 3. The molecule has 1 aromatic rings. The van der Waals surface area contributed by atoms with E-state index in [9.17, 15) is 9.59 Å². The molecule has 4 heterocycles. The van der Waals surface area contributed by atoms with Gasteiger partial charge >= 0.3 is 0 Å². The summed E-state index contributed by atoms with van der Waals surface area (Å²) in [7, 11) is 0. The minimum absolute atomic E-state index is 0.0248. The fourth-order valence-electron chi connectivity index (χ4n) is 5.51. The van der Waals surface area contributed by atoms with Crippen molar-refractivity contribution in [3.05, 3.63) is 23.8 Å². The standard InChI is InChI=1S/C22H33N5O2/c1-14(2)22-24-8-16(9-25-22)11-26-12-17-7-18(13-26)20(10-23-15(3)28)27-19(17)5-4-6-21(27)29/h8-9,14,17-20H,4-7,10-13H2,1-3H3,(H,23,28)/t17-,18+,19+,20+/m1/s1. The van der Waals surface area contributed by atoms with Gasteiger partial charge in [0.2, 0.25) is 11.8 Å². The van der Waals surface area contributed by atoms with E-state index in [0.29, 0.717) is 36.8 Å². The van der Waals surface area contributed by atoms with Crippen molar-refractivity contribution >= 4 is 11.8 Å². The van der Waals surface area contributed by atoms with E-state index in [1.165, 1.54) is 0 Å². The van der Waals surface area contributed by atoms with E-state index in [1.54, 1.807) is 6.92 Å². The number of rotatable bonds is 5. The maximum Gasteiger partial charge on any atom is 0.223 e. The number of hydrogen-bond acceptors (Lipinski definition) is 5. The van der Waals surface area contributed by atoms with Gasteiger partial charge in [-0.15, -0.1) is 0 Å². The van der Waals surface area contributed by atoms with Gasteiger partial charge in [-0.25, -0.2) is 9.97 Å². The predicted molar refractivity (Wildman–Crippen MR) is 110 cm³/mol. The Labute approximate surface area is 173 Å². The topological polar surface area (TPSA) is 78.4 Å². The molecular weight excluding hydrogens is 366 g/mol. The summed E-state index contributed by atoms with van der Waals surface area (Å²) >= 11 is 0. The van der Waals surface area contributed by atoms with Crippen LogP contribution in [0.5, 0.6) is 0 Å². The van der Waals surface area contributed by atoms with Crippen molar-refractivity contribution in [2.45, 2.75) is 71.0 Å². The second-order valence-electron chi connectivity index (χ2n) is 9.32. The molecule has 7 heteroatoms. The molecule has 29 heavy (non-hydrogen) atoms. The van der Waals surface area contributed by atoms with Gasteiger partial charge in [-0.05, 0) is 31.1 Å². The van der Waals surface area contributed by atoms with Crippen molar-refractivity contribution in [2.24, 2.45) is 11.8 Å². The summed E-state index contributed by atoms with van der Waals surface area (Å²) in [5, 5.41) is 2.98. The molecule has 0 aromatic carbocycles. The first-order chi connectivity index (χ1) is 13.9. The molecular formula is C22H33N5O2. The molecule has 158 valence electrons. The molecule has 3 fully saturated rings. The van der Waals surface area contributed by atoms with Gasteiger partial charge in [0.1, 0.15) is 5.82 Å². The van der Waals surface area contributed by atoms with Gasteiger partial charge in [-0.1, -0.05) is 13.8 Å². The summed E-state index contributed by atoms with van der Waals surface area (Å²) in [6, 6.07) is 0.420. The molecule has 4 atom stereocenters. The van der Waals surface area contributed by atoms with Crippen molar-refractivity contribution in [1.29, 1.82) is 0 Å². The van der Waals surface area contributed by atoms with Crippen molar-refractivity contribution in [2.75, 3.05) is 19.6 Å². The van der Waals surface area contributed by atoms with Crippen LogP contribution in [0.1, 0.15) is 63.8 Å². The van der Waals surface area contributed by atoms with Crippen LogP contribution < -0.4 is 5.32 Å². The number of nitrogens with zero attached hydrogens (tertiary/aromatic N) is 4. The van der Waals surface area contributed by atoms with E-state index in [1.807, 2.05) is 12.4 Å². The van der Waals surface area contributed by atoms with E-state index < -0.39 is 0 Å². The molecule has 4 rings (SSSR count). The summed E-state index contributed by atoms with van der Waals surface area (Å²) in [6.07, 6.45) is 7.78. The Morgan fingerprint density at radius 3 is 2.66 bits per heavy atom. The second-order valence-corrected chi connectivity index (χ2v) is 9.32. The highest BCUT2D eigenvalue weighted by atomic mass is 16.2. The van der Waals surface area contributed by atoms with Crippen LogP contribution >= 0.6 is 0 Å². The van der Waals surface area contributed by atoms with Crippen LogP contribution in [0.3, 0.4) is 0 Å². The first-order valence-corrected chi connectivity index (χ1v) is 11.0. The second kappa shape index (κ2) is 8.38. The number of carbonyl (C=O) groups is 2. The number of nitrogens with one attached hydrogen (secondary N) is 1. The lowest BCUT2D eigenvalue weighted by atomic mass is 9.72. The maximum atomic E-state index is 12.8. The quantitative estimate of drug-likeness (QED) is 0.819. The van der Waals surface area contributed by atoms with Gasteiger partial charge in [0.05, 0.1) is 6.04 Å². The number of fused-ring (bicyclic) bond motifs is 4. The minimum Gasteiger partial charge on any atom is -0.354 e. The number of aromatic nitrogens is 2. The Morgan fingerprint density at radius 1 is 1.24 bits per heavy atom. The zero-order valence-corrected chi connectivity index (χ0v) is 17.8. The summed E-state index contributed by atoms with van der Waals surface area (Å²) < 4.78 is 0. The molecule has 0 saturated carbocycles. The van der Waals surface area contributed by atoms with Gasteiger partial charge < -0.3 is 10.2 Å². The summed E-state index contributed by atoms with van der Waals surface area (Å²) in [6.45, 7) is 9.14. The summed E-state index contributed by atoms with van der Waals surface area (Å²) in [5.74, 6) is 2.39. The Kier molecular flexibility index (Phi) is 5.86. The van der Waals surface area contributed by atoms with Crippen molar-refractivity contribution in [3.63, 3.8) is 0 Å². The lowest BCUT2D eigenvalue weighted by Crippen LogP contribution is -2.66. The average molecular weight is 400 g/mol.